The van der Waals surface area contributed by atoms with E-state index in [0.717, 1.165) is 11.6 Å². The Labute approximate surface area is 230 Å². The van der Waals surface area contributed by atoms with E-state index in [1.807, 2.05) is 25.1 Å². The molecule has 0 radical (unpaired) electrons. The number of aromatic nitrogens is 1. The van der Waals surface area contributed by atoms with Gasteiger partial charge in [-0.05, 0) is 25.5 Å². The van der Waals surface area contributed by atoms with Crippen molar-refractivity contribution >= 4 is 11.8 Å². The van der Waals surface area contributed by atoms with Crippen molar-refractivity contribution in [3.63, 3.8) is 0 Å². The van der Waals surface area contributed by atoms with Gasteiger partial charge in [-0.2, -0.15) is 0 Å². The van der Waals surface area contributed by atoms with E-state index in [1.54, 1.807) is 36.2 Å². The summed E-state index contributed by atoms with van der Waals surface area (Å²) >= 11 is 0. The van der Waals surface area contributed by atoms with Crippen LogP contribution in [-0.4, -0.2) is 40.1 Å². The second-order valence-electron chi connectivity index (χ2n) is 9.40. The van der Waals surface area contributed by atoms with Gasteiger partial charge in [0.1, 0.15) is 30.5 Å². The lowest BCUT2D eigenvalue weighted by Crippen LogP contribution is -2.59. The molecule has 2 heterocycles. The van der Waals surface area contributed by atoms with E-state index in [-0.39, 0.29) is 54.5 Å². The Morgan fingerprint density at radius 3 is 2.42 bits per heavy atom. The minimum Gasteiger partial charge on any atom is -0.482 e. The first-order valence-electron chi connectivity index (χ1n) is 12.7. The van der Waals surface area contributed by atoms with Crippen molar-refractivity contribution in [2.75, 3.05) is 11.7 Å². The number of hydrogen-bond acceptors (Lipinski definition) is 5. The lowest BCUT2D eigenvalue weighted by Gasteiger charge is -2.44. The van der Waals surface area contributed by atoms with Crippen LogP contribution in [-0.2, 0) is 13.2 Å². The molecule has 208 valence electrons. The standard InChI is InChI=1S/C30H30F2N4O4/c1-5-19(3)34-18-36(20(4)6-2)35-16-24(29(38)33-15-22-12-13-23(31)14-25(22)32)27(37)28(26(35)30(34)39)40-17-21-10-8-7-9-11-21/h5-14,16,19-20H,1-2,15,17-18H2,3-4H3,(H,33,38)/t19-,20-/m0/s1. The van der Waals surface area contributed by atoms with Crippen LogP contribution in [0.1, 0.15) is 45.8 Å². The Morgan fingerprint density at radius 1 is 1.07 bits per heavy atom. The Kier molecular flexibility index (Phi) is 8.47. The van der Waals surface area contributed by atoms with Crippen molar-refractivity contribution in [1.29, 1.82) is 0 Å². The van der Waals surface area contributed by atoms with Crippen LogP contribution in [0.25, 0.3) is 0 Å². The van der Waals surface area contributed by atoms with Crippen molar-refractivity contribution in [1.82, 2.24) is 14.9 Å². The predicted octanol–water partition coefficient (Wildman–Crippen LogP) is 4.14. The molecular weight excluding hydrogens is 518 g/mol. The van der Waals surface area contributed by atoms with Crippen LogP contribution >= 0.6 is 0 Å². The summed E-state index contributed by atoms with van der Waals surface area (Å²) in [5, 5.41) is 4.27. The van der Waals surface area contributed by atoms with Gasteiger partial charge in [-0.3, -0.25) is 24.1 Å². The number of ether oxygens (including phenoxy) is 1. The van der Waals surface area contributed by atoms with Gasteiger partial charge in [-0.25, -0.2) is 8.78 Å². The first-order chi connectivity index (χ1) is 19.2. The van der Waals surface area contributed by atoms with Gasteiger partial charge in [-0.1, -0.05) is 48.6 Å². The molecule has 0 fully saturated rings. The number of amides is 2. The molecule has 1 aliphatic rings. The van der Waals surface area contributed by atoms with Crippen LogP contribution < -0.4 is 20.5 Å². The summed E-state index contributed by atoms with van der Waals surface area (Å²) in [6, 6.07) is 11.4. The van der Waals surface area contributed by atoms with Crippen LogP contribution in [0.4, 0.5) is 8.78 Å². The van der Waals surface area contributed by atoms with E-state index < -0.39 is 28.9 Å². The summed E-state index contributed by atoms with van der Waals surface area (Å²) in [6.07, 6.45) is 4.55. The van der Waals surface area contributed by atoms with Gasteiger partial charge in [0, 0.05) is 30.4 Å². The van der Waals surface area contributed by atoms with E-state index in [9.17, 15) is 23.2 Å². The third kappa shape index (κ3) is 5.66. The lowest BCUT2D eigenvalue weighted by molar-refractivity contribution is 0.0641. The highest BCUT2D eigenvalue weighted by Gasteiger charge is 2.37. The van der Waals surface area contributed by atoms with Gasteiger partial charge < -0.3 is 15.0 Å². The number of hydrogen-bond donors (Lipinski definition) is 1. The number of rotatable bonds is 10. The molecule has 0 spiro atoms. The minimum atomic E-state index is -0.831. The Bertz CT molecular complexity index is 1510. The normalized spacial score (nSPS) is 14.2. The smallest absolute Gasteiger partial charge is 0.278 e. The number of pyridine rings is 1. The third-order valence-electron chi connectivity index (χ3n) is 6.75. The number of nitrogens with zero attached hydrogens (tertiary/aromatic N) is 3. The molecule has 2 aromatic carbocycles. The molecule has 0 saturated heterocycles. The van der Waals surface area contributed by atoms with Crippen LogP contribution in [0.15, 0.2) is 84.8 Å². The van der Waals surface area contributed by atoms with E-state index >= 15 is 0 Å². The van der Waals surface area contributed by atoms with Crippen LogP contribution in [0.2, 0.25) is 0 Å². The maximum atomic E-state index is 14.1. The zero-order chi connectivity index (χ0) is 29.0. The van der Waals surface area contributed by atoms with Gasteiger partial charge in [0.2, 0.25) is 5.43 Å². The molecule has 1 aliphatic heterocycles. The van der Waals surface area contributed by atoms with Gasteiger partial charge in [-0.15, -0.1) is 13.2 Å². The summed E-state index contributed by atoms with van der Waals surface area (Å²) in [5.74, 6) is -3.16. The molecule has 8 nitrogen and oxygen atoms in total. The zero-order valence-corrected chi connectivity index (χ0v) is 22.3. The number of carbonyl (C=O) groups excluding carboxylic acids is 2. The first kappa shape index (κ1) is 28.3. The van der Waals surface area contributed by atoms with Crippen LogP contribution in [0.5, 0.6) is 5.75 Å². The third-order valence-corrected chi connectivity index (χ3v) is 6.75. The SMILES string of the molecule is C=C[C@H](C)N1CN([C@@H](C)C=C)n2cc(C(=O)NCc3ccc(F)cc3F)c(=O)c(OCc3ccccc3)c2C1=O. The molecule has 0 aliphatic carbocycles. The minimum absolute atomic E-state index is 0.0315. The molecule has 1 aromatic heterocycles. The fourth-order valence-corrected chi connectivity index (χ4v) is 4.25. The summed E-state index contributed by atoms with van der Waals surface area (Å²) < 4.78 is 34.8. The average Bonchev–Trinajstić information content (AvgIpc) is 2.95. The van der Waals surface area contributed by atoms with Gasteiger partial charge >= 0.3 is 0 Å². The molecule has 0 unspecified atom stereocenters. The molecule has 3 aromatic rings. The van der Waals surface area contributed by atoms with Gasteiger partial charge in [0.05, 0.1) is 6.04 Å². The summed E-state index contributed by atoms with van der Waals surface area (Å²) in [5.41, 5.74) is -0.367. The second-order valence-corrected chi connectivity index (χ2v) is 9.40. The Hall–Kier alpha value is -4.73. The molecular formula is C30H30F2N4O4. The largest absolute Gasteiger partial charge is 0.482 e. The molecule has 0 saturated carbocycles. The van der Waals surface area contributed by atoms with Crippen molar-refractivity contribution in [2.24, 2.45) is 0 Å². The molecule has 10 heteroatoms. The van der Waals surface area contributed by atoms with Crippen molar-refractivity contribution < 1.29 is 23.1 Å². The van der Waals surface area contributed by atoms with Crippen LogP contribution in [0, 0.1) is 11.6 Å². The fraction of sp³-hybridized carbons (Fsp3) is 0.233. The van der Waals surface area contributed by atoms with E-state index in [2.05, 4.69) is 18.5 Å². The average molecular weight is 549 g/mol. The number of carbonyl (C=O) groups is 2. The molecule has 2 atom stereocenters. The number of halogens is 2. The van der Waals surface area contributed by atoms with Gasteiger partial charge in [0.25, 0.3) is 11.8 Å². The lowest BCUT2D eigenvalue weighted by atomic mass is 10.1. The number of nitrogens with one attached hydrogen (secondary N) is 1. The summed E-state index contributed by atoms with van der Waals surface area (Å²) in [6.45, 7) is 11.1. The van der Waals surface area contributed by atoms with E-state index in [0.29, 0.717) is 6.07 Å². The highest BCUT2D eigenvalue weighted by molar-refractivity contribution is 5.99. The maximum Gasteiger partial charge on any atom is 0.278 e. The maximum absolute atomic E-state index is 14.1. The zero-order valence-electron chi connectivity index (χ0n) is 22.3. The molecule has 2 amide bonds. The summed E-state index contributed by atoms with van der Waals surface area (Å²) in [7, 11) is 0. The quantitative estimate of drug-likeness (QED) is 0.385. The topological polar surface area (TPSA) is 83.9 Å². The molecule has 40 heavy (non-hydrogen) atoms. The predicted molar refractivity (Wildman–Crippen MR) is 148 cm³/mol. The summed E-state index contributed by atoms with van der Waals surface area (Å²) in [4.78, 5) is 42.2. The second kappa shape index (κ2) is 12.0. The Morgan fingerprint density at radius 2 is 1.77 bits per heavy atom. The molecule has 1 N–H and O–H groups in total. The van der Waals surface area contributed by atoms with E-state index in [4.69, 9.17) is 4.74 Å². The van der Waals surface area contributed by atoms with Crippen molar-refractivity contribution in [3.8, 4) is 5.75 Å². The van der Waals surface area contributed by atoms with Crippen molar-refractivity contribution in [2.45, 2.75) is 39.1 Å². The Balaban J connectivity index is 1.81. The highest BCUT2D eigenvalue weighted by Crippen LogP contribution is 2.26. The van der Waals surface area contributed by atoms with Gasteiger partial charge in [0.15, 0.2) is 11.4 Å². The first-order valence-corrected chi connectivity index (χ1v) is 12.7. The fourth-order valence-electron chi connectivity index (χ4n) is 4.25. The number of benzene rings is 2. The van der Waals surface area contributed by atoms with E-state index in [1.165, 1.54) is 21.8 Å². The van der Waals surface area contributed by atoms with Crippen molar-refractivity contribution in [3.05, 3.63) is 124 Å². The molecule has 0 bridgehead atoms. The monoisotopic (exact) mass is 548 g/mol. The van der Waals surface area contributed by atoms with Crippen LogP contribution in [0.3, 0.4) is 0 Å². The number of fused-ring (bicyclic) bond motifs is 1. The molecule has 4 rings (SSSR count). The highest BCUT2D eigenvalue weighted by atomic mass is 19.1.